The summed E-state index contributed by atoms with van der Waals surface area (Å²) in [7, 11) is 1.33. The Morgan fingerprint density at radius 1 is 1.17 bits per heavy atom. The van der Waals surface area contributed by atoms with Crippen molar-refractivity contribution in [2.24, 2.45) is 0 Å². The Labute approximate surface area is 197 Å². The Kier molecular flexibility index (Phi) is 7.15. The summed E-state index contributed by atoms with van der Waals surface area (Å²) in [4.78, 5) is 14.7. The van der Waals surface area contributed by atoms with Crippen molar-refractivity contribution in [3.8, 4) is 11.5 Å². The molecule has 2 saturated heterocycles. The SMILES string of the molecule is COc1cc(C(=O)N2CCC3(c4cccc(F)c4F)OCOC3C2)ccc1OCCOC(F)(F)F. The molecule has 0 aromatic heterocycles. The van der Waals surface area contributed by atoms with E-state index in [4.69, 9.17) is 18.9 Å². The van der Waals surface area contributed by atoms with E-state index in [1.54, 1.807) is 0 Å². The molecule has 2 aliphatic rings. The molecule has 190 valence electrons. The molecule has 0 N–H and O–H groups in total. The molecule has 7 nitrogen and oxygen atoms in total. The maximum Gasteiger partial charge on any atom is 0.522 e. The van der Waals surface area contributed by atoms with Crippen LogP contribution >= 0.6 is 0 Å². The largest absolute Gasteiger partial charge is 0.522 e. The van der Waals surface area contributed by atoms with Crippen molar-refractivity contribution in [3.63, 3.8) is 0 Å². The Balaban J connectivity index is 1.45. The number of piperidine rings is 1. The number of hydrogen-bond donors (Lipinski definition) is 0. The van der Waals surface area contributed by atoms with Crippen molar-refractivity contribution in [2.45, 2.75) is 24.5 Å². The molecule has 4 rings (SSSR count). The minimum Gasteiger partial charge on any atom is -0.493 e. The second-order valence-corrected chi connectivity index (χ2v) is 7.92. The van der Waals surface area contributed by atoms with E-state index in [2.05, 4.69) is 4.74 Å². The lowest BCUT2D eigenvalue weighted by molar-refractivity contribution is -0.325. The predicted octanol–water partition coefficient (Wildman–Crippen LogP) is 4.00. The molecule has 2 heterocycles. The van der Waals surface area contributed by atoms with E-state index in [9.17, 15) is 26.7 Å². The molecule has 2 fully saturated rings. The molecule has 0 spiro atoms. The Morgan fingerprint density at radius 3 is 2.71 bits per heavy atom. The van der Waals surface area contributed by atoms with Crippen LogP contribution in [0.25, 0.3) is 0 Å². The van der Waals surface area contributed by atoms with Crippen LogP contribution in [0.2, 0.25) is 0 Å². The maximum absolute atomic E-state index is 14.6. The van der Waals surface area contributed by atoms with E-state index in [-0.39, 0.29) is 61.4 Å². The van der Waals surface area contributed by atoms with E-state index in [1.165, 1.54) is 42.3 Å². The molecule has 0 bridgehead atoms. The minimum atomic E-state index is -4.76. The van der Waals surface area contributed by atoms with Crippen molar-refractivity contribution in [3.05, 3.63) is 59.2 Å². The molecule has 35 heavy (non-hydrogen) atoms. The van der Waals surface area contributed by atoms with Crippen molar-refractivity contribution < 1.29 is 50.4 Å². The van der Waals surface area contributed by atoms with Gasteiger partial charge in [-0.2, -0.15) is 0 Å². The first-order valence-corrected chi connectivity index (χ1v) is 10.7. The van der Waals surface area contributed by atoms with E-state index >= 15 is 0 Å². The van der Waals surface area contributed by atoms with E-state index in [1.807, 2.05) is 0 Å². The topological polar surface area (TPSA) is 66.5 Å². The Morgan fingerprint density at radius 2 is 1.97 bits per heavy atom. The predicted molar refractivity (Wildman–Crippen MR) is 110 cm³/mol. The highest BCUT2D eigenvalue weighted by Crippen LogP contribution is 2.44. The van der Waals surface area contributed by atoms with Gasteiger partial charge in [-0.1, -0.05) is 12.1 Å². The lowest BCUT2D eigenvalue weighted by Crippen LogP contribution is -2.54. The zero-order chi connectivity index (χ0) is 25.2. The maximum atomic E-state index is 14.6. The van der Waals surface area contributed by atoms with Crippen LogP contribution in [-0.4, -0.2) is 63.5 Å². The third kappa shape index (κ3) is 5.19. The smallest absolute Gasteiger partial charge is 0.493 e. The zero-order valence-corrected chi connectivity index (χ0v) is 18.6. The van der Waals surface area contributed by atoms with Crippen molar-refractivity contribution >= 4 is 5.91 Å². The summed E-state index contributed by atoms with van der Waals surface area (Å²) in [5.41, 5.74) is -0.925. The van der Waals surface area contributed by atoms with Gasteiger partial charge in [0.25, 0.3) is 5.91 Å². The summed E-state index contributed by atoms with van der Waals surface area (Å²) in [6, 6.07) is 8.12. The quantitative estimate of drug-likeness (QED) is 0.421. The molecule has 0 saturated carbocycles. The van der Waals surface area contributed by atoms with Crippen molar-refractivity contribution in [2.75, 3.05) is 40.2 Å². The number of likely N-dealkylation sites (tertiary alicyclic amines) is 1. The normalized spacial score (nSPS) is 22.1. The van der Waals surface area contributed by atoms with Crippen LogP contribution in [0.15, 0.2) is 36.4 Å². The highest BCUT2D eigenvalue weighted by Gasteiger charge is 2.52. The van der Waals surface area contributed by atoms with Crippen LogP contribution in [-0.2, 0) is 19.8 Å². The van der Waals surface area contributed by atoms with Gasteiger partial charge in [0.05, 0.1) is 20.3 Å². The number of nitrogens with zero attached hydrogens (tertiary/aromatic N) is 1. The lowest BCUT2D eigenvalue weighted by Gasteiger charge is -2.42. The molecule has 1 amide bonds. The number of rotatable bonds is 7. The summed E-state index contributed by atoms with van der Waals surface area (Å²) in [6.45, 7) is -0.958. The highest BCUT2D eigenvalue weighted by atomic mass is 19.4. The van der Waals surface area contributed by atoms with Crippen LogP contribution in [0.1, 0.15) is 22.3 Å². The van der Waals surface area contributed by atoms with Gasteiger partial charge in [0.1, 0.15) is 25.1 Å². The summed E-state index contributed by atoms with van der Waals surface area (Å²) in [6.07, 6.45) is -5.29. The lowest BCUT2D eigenvalue weighted by atomic mass is 9.81. The molecule has 2 unspecified atom stereocenters. The molecule has 2 aromatic carbocycles. The molecule has 0 aliphatic carbocycles. The van der Waals surface area contributed by atoms with Gasteiger partial charge in [0, 0.05) is 24.1 Å². The van der Waals surface area contributed by atoms with Gasteiger partial charge in [0.15, 0.2) is 23.1 Å². The fourth-order valence-electron chi connectivity index (χ4n) is 4.29. The van der Waals surface area contributed by atoms with Gasteiger partial charge in [0.2, 0.25) is 0 Å². The fourth-order valence-corrected chi connectivity index (χ4v) is 4.29. The number of carbonyl (C=O) groups excluding carboxylic acids is 1. The Bertz CT molecular complexity index is 1080. The van der Waals surface area contributed by atoms with E-state index < -0.39 is 36.3 Å². The monoisotopic (exact) mass is 503 g/mol. The first-order chi connectivity index (χ1) is 16.6. The number of carbonyl (C=O) groups is 1. The Hall–Kier alpha value is -2.96. The average Bonchev–Trinajstić information content (AvgIpc) is 3.26. The average molecular weight is 503 g/mol. The number of benzene rings is 2. The van der Waals surface area contributed by atoms with Gasteiger partial charge < -0.3 is 23.8 Å². The first-order valence-electron chi connectivity index (χ1n) is 10.7. The van der Waals surface area contributed by atoms with Gasteiger partial charge in [-0.3, -0.25) is 9.53 Å². The molecule has 2 aromatic rings. The van der Waals surface area contributed by atoms with Crippen molar-refractivity contribution in [1.82, 2.24) is 4.90 Å². The van der Waals surface area contributed by atoms with Crippen molar-refractivity contribution in [1.29, 1.82) is 0 Å². The number of halogens is 5. The first kappa shape index (κ1) is 25.1. The molecular weight excluding hydrogens is 481 g/mol. The summed E-state index contributed by atoms with van der Waals surface area (Å²) >= 11 is 0. The highest BCUT2D eigenvalue weighted by molar-refractivity contribution is 5.95. The van der Waals surface area contributed by atoms with E-state index in [0.717, 1.165) is 6.07 Å². The molecule has 0 radical (unpaired) electrons. The zero-order valence-electron chi connectivity index (χ0n) is 18.6. The van der Waals surface area contributed by atoms with Gasteiger partial charge in [-0.05, 0) is 24.3 Å². The van der Waals surface area contributed by atoms with Crippen LogP contribution < -0.4 is 9.47 Å². The third-order valence-corrected chi connectivity index (χ3v) is 5.96. The molecule has 2 atom stereocenters. The van der Waals surface area contributed by atoms with Crippen LogP contribution in [0.4, 0.5) is 22.0 Å². The molecular formula is C23H22F5NO6. The minimum absolute atomic E-state index is 0.0461. The third-order valence-electron chi connectivity index (χ3n) is 5.96. The van der Waals surface area contributed by atoms with Gasteiger partial charge in [-0.25, -0.2) is 8.78 Å². The second-order valence-electron chi connectivity index (χ2n) is 7.92. The number of methoxy groups -OCH3 is 1. The molecule has 12 heteroatoms. The summed E-state index contributed by atoms with van der Waals surface area (Å²) in [5, 5.41) is 0. The van der Waals surface area contributed by atoms with Crippen LogP contribution in [0.5, 0.6) is 11.5 Å². The number of ether oxygens (including phenoxy) is 5. The number of amides is 1. The van der Waals surface area contributed by atoms with Gasteiger partial charge in [-0.15, -0.1) is 13.2 Å². The van der Waals surface area contributed by atoms with Crippen LogP contribution in [0.3, 0.4) is 0 Å². The standard InChI is InChI=1S/C23H22F5NO6/c1-31-18-11-14(5-6-17(18)32-9-10-34-23(26,27)28)21(30)29-8-7-22(19(12-29)33-13-35-22)15-3-2-4-16(24)20(15)25/h2-6,11,19H,7-10,12-13H2,1H3. The summed E-state index contributed by atoms with van der Waals surface area (Å²) < 4.78 is 90.2. The fraction of sp³-hybridized carbons (Fsp3) is 0.435. The molecule has 2 aliphatic heterocycles. The van der Waals surface area contributed by atoms with E-state index in [0.29, 0.717) is 0 Å². The van der Waals surface area contributed by atoms with Crippen LogP contribution in [0, 0.1) is 11.6 Å². The van der Waals surface area contributed by atoms with Gasteiger partial charge >= 0.3 is 6.36 Å². The second kappa shape index (κ2) is 9.96. The number of hydrogen-bond acceptors (Lipinski definition) is 6. The number of alkyl halides is 3. The number of fused-ring (bicyclic) bond motifs is 1. The summed E-state index contributed by atoms with van der Waals surface area (Å²) in [5.74, 6) is -2.09.